The largest absolute Gasteiger partial charge is 0.355 e. The maximum absolute atomic E-state index is 11.8. The Labute approximate surface area is 104 Å². The summed E-state index contributed by atoms with van der Waals surface area (Å²) in [5.41, 5.74) is 0. The summed E-state index contributed by atoms with van der Waals surface area (Å²) in [5, 5.41) is 2.82. The Morgan fingerprint density at radius 3 is 2.71 bits per heavy atom. The SMILES string of the molecule is CCCCCNC(=O)C1CCCN1S(C)(=O)=O. The summed E-state index contributed by atoms with van der Waals surface area (Å²) < 4.78 is 24.2. The highest BCUT2D eigenvalue weighted by molar-refractivity contribution is 7.88. The molecule has 1 aliphatic heterocycles. The average Bonchev–Trinajstić information content (AvgIpc) is 2.72. The summed E-state index contributed by atoms with van der Waals surface area (Å²) in [4.78, 5) is 11.8. The summed E-state index contributed by atoms with van der Waals surface area (Å²) in [7, 11) is -3.26. The molecule has 0 saturated carbocycles. The molecule has 1 N–H and O–H groups in total. The van der Waals surface area contributed by atoms with Crippen molar-refractivity contribution in [3.8, 4) is 0 Å². The van der Waals surface area contributed by atoms with Gasteiger partial charge in [0.15, 0.2) is 0 Å². The number of carbonyl (C=O) groups is 1. The predicted octanol–water partition coefficient (Wildman–Crippen LogP) is 0.717. The number of hydrogen-bond donors (Lipinski definition) is 1. The number of sulfonamides is 1. The van der Waals surface area contributed by atoms with E-state index in [0.717, 1.165) is 31.9 Å². The van der Waals surface area contributed by atoms with Crippen LogP contribution in [0.1, 0.15) is 39.0 Å². The van der Waals surface area contributed by atoms with Gasteiger partial charge in [-0.25, -0.2) is 8.42 Å². The van der Waals surface area contributed by atoms with Crippen molar-refractivity contribution >= 4 is 15.9 Å². The van der Waals surface area contributed by atoms with E-state index in [0.29, 0.717) is 19.5 Å². The standard InChI is InChI=1S/C11H22N2O3S/c1-3-4-5-8-12-11(14)10-7-6-9-13(10)17(2,15)16/h10H,3-9H2,1-2H3,(H,12,14). The Morgan fingerprint density at radius 1 is 1.41 bits per heavy atom. The summed E-state index contributed by atoms with van der Waals surface area (Å²) in [6.45, 7) is 3.21. The van der Waals surface area contributed by atoms with Crippen LogP contribution in [0.4, 0.5) is 0 Å². The fourth-order valence-corrected chi connectivity index (χ4v) is 3.23. The second-order valence-electron chi connectivity index (χ2n) is 4.53. The molecule has 1 amide bonds. The highest BCUT2D eigenvalue weighted by Crippen LogP contribution is 2.20. The lowest BCUT2D eigenvalue weighted by Crippen LogP contribution is -2.45. The van der Waals surface area contributed by atoms with Gasteiger partial charge in [-0.2, -0.15) is 4.31 Å². The fourth-order valence-electron chi connectivity index (χ4n) is 2.10. The third-order valence-corrected chi connectivity index (χ3v) is 4.30. The quantitative estimate of drug-likeness (QED) is 0.717. The zero-order valence-corrected chi connectivity index (χ0v) is 11.4. The zero-order valence-electron chi connectivity index (χ0n) is 10.6. The molecule has 1 heterocycles. The Morgan fingerprint density at radius 2 is 2.12 bits per heavy atom. The molecular weight excluding hydrogens is 240 g/mol. The Bertz CT molecular complexity index is 354. The van der Waals surface area contributed by atoms with E-state index in [-0.39, 0.29) is 5.91 Å². The molecule has 0 aliphatic carbocycles. The van der Waals surface area contributed by atoms with Gasteiger partial charge in [0.05, 0.1) is 6.26 Å². The molecule has 0 radical (unpaired) electrons. The Kier molecular flexibility index (Phi) is 5.39. The van der Waals surface area contributed by atoms with Crippen LogP contribution in [0.15, 0.2) is 0 Å². The monoisotopic (exact) mass is 262 g/mol. The average molecular weight is 262 g/mol. The molecule has 1 rings (SSSR count). The van der Waals surface area contributed by atoms with Crippen LogP contribution in [0.3, 0.4) is 0 Å². The number of nitrogens with zero attached hydrogens (tertiary/aromatic N) is 1. The van der Waals surface area contributed by atoms with Crippen molar-refractivity contribution < 1.29 is 13.2 Å². The number of amides is 1. The van der Waals surface area contributed by atoms with Crippen molar-refractivity contribution in [2.45, 2.75) is 45.1 Å². The molecule has 17 heavy (non-hydrogen) atoms. The minimum Gasteiger partial charge on any atom is -0.355 e. The van der Waals surface area contributed by atoms with Crippen LogP contribution in [0.5, 0.6) is 0 Å². The lowest BCUT2D eigenvalue weighted by Gasteiger charge is -2.21. The topological polar surface area (TPSA) is 66.5 Å². The Hall–Kier alpha value is -0.620. The van der Waals surface area contributed by atoms with Gasteiger partial charge in [0.2, 0.25) is 15.9 Å². The molecule has 5 nitrogen and oxygen atoms in total. The van der Waals surface area contributed by atoms with Crippen molar-refractivity contribution in [3.63, 3.8) is 0 Å². The fraction of sp³-hybridized carbons (Fsp3) is 0.909. The van der Waals surface area contributed by atoms with E-state index >= 15 is 0 Å². The van der Waals surface area contributed by atoms with Gasteiger partial charge >= 0.3 is 0 Å². The van der Waals surface area contributed by atoms with Crippen LogP contribution in [0.2, 0.25) is 0 Å². The minimum absolute atomic E-state index is 0.149. The van der Waals surface area contributed by atoms with Crippen LogP contribution in [-0.2, 0) is 14.8 Å². The number of hydrogen-bond acceptors (Lipinski definition) is 3. The van der Waals surface area contributed by atoms with Crippen molar-refractivity contribution in [2.75, 3.05) is 19.3 Å². The van der Waals surface area contributed by atoms with Crippen LogP contribution < -0.4 is 5.32 Å². The van der Waals surface area contributed by atoms with Crippen molar-refractivity contribution in [1.82, 2.24) is 9.62 Å². The molecule has 0 aromatic rings. The lowest BCUT2D eigenvalue weighted by atomic mass is 10.2. The highest BCUT2D eigenvalue weighted by atomic mass is 32.2. The van der Waals surface area contributed by atoms with Gasteiger partial charge in [-0.05, 0) is 19.3 Å². The molecule has 1 aliphatic rings. The zero-order chi connectivity index (χ0) is 12.9. The number of rotatable bonds is 6. The van der Waals surface area contributed by atoms with E-state index < -0.39 is 16.1 Å². The van der Waals surface area contributed by atoms with E-state index in [1.165, 1.54) is 4.31 Å². The summed E-state index contributed by atoms with van der Waals surface area (Å²) in [6, 6.07) is -0.494. The first-order valence-electron chi connectivity index (χ1n) is 6.21. The molecule has 1 unspecified atom stereocenters. The first-order chi connectivity index (χ1) is 7.96. The van der Waals surface area contributed by atoms with E-state index in [1.54, 1.807) is 0 Å². The highest BCUT2D eigenvalue weighted by Gasteiger charge is 2.35. The van der Waals surface area contributed by atoms with Gasteiger partial charge in [-0.1, -0.05) is 19.8 Å². The van der Waals surface area contributed by atoms with Crippen molar-refractivity contribution in [3.05, 3.63) is 0 Å². The Balaban J connectivity index is 2.45. The lowest BCUT2D eigenvalue weighted by molar-refractivity contribution is -0.124. The normalized spacial score (nSPS) is 21.6. The van der Waals surface area contributed by atoms with Gasteiger partial charge in [-0.15, -0.1) is 0 Å². The van der Waals surface area contributed by atoms with Gasteiger partial charge in [0, 0.05) is 13.1 Å². The third kappa shape index (κ3) is 4.27. The summed E-state index contributed by atoms with van der Waals surface area (Å²) >= 11 is 0. The smallest absolute Gasteiger partial charge is 0.238 e. The maximum atomic E-state index is 11.8. The number of carbonyl (C=O) groups excluding carboxylic acids is 1. The first-order valence-corrected chi connectivity index (χ1v) is 8.06. The molecule has 1 atom stereocenters. The predicted molar refractivity (Wildman–Crippen MR) is 67.1 cm³/mol. The van der Waals surface area contributed by atoms with Gasteiger partial charge in [-0.3, -0.25) is 4.79 Å². The van der Waals surface area contributed by atoms with E-state index in [9.17, 15) is 13.2 Å². The van der Waals surface area contributed by atoms with Gasteiger partial charge < -0.3 is 5.32 Å². The van der Waals surface area contributed by atoms with E-state index in [2.05, 4.69) is 12.2 Å². The van der Waals surface area contributed by atoms with Crippen molar-refractivity contribution in [1.29, 1.82) is 0 Å². The number of nitrogens with one attached hydrogen (secondary N) is 1. The molecule has 1 fully saturated rings. The van der Waals surface area contributed by atoms with E-state index in [4.69, 9.17) is 0 Å². The number of unbranched alkanes of at least 4 members (excludes halogenated alkanes) is 2. The van der Waals surface area contributed by atoms with Crippen LogP contribution in [0.25, 0.3) is 0 Å². The third-order valence-electron chi connectivity index (χ3n) is 3.01. The molecule has 6 heteroatoms. The second kappa shape index (κ2) is 6.35. The molecule has 0 aromatic heterocycles. The summed E-state index contributed by atoms with van der Waals surface area (Å²) in [6.07, 6.45) is 5.70. The molecule has 0 aromatic carbocycles. The summed E-state index contributed by atoms with van der Waals surface area (Å²) in [5.74, 6) is -0.149. The maximum Gasteiger partial charge on any atom is 0.238 e. The van der Waals surface area contributed by atoms with Crippen molar-refractivity contribution in [2.24, 2.45) is 0 Å². The van der Waals surface area contributed by atoms with Gasteiger partial charge in [0.1, 0.15) is 6.04 Å². The van der Waals surface area contributed by atoms with Crippen LogP contribution >= 0.6 is 0 Å². The van der Waals surface area contributed by atoms with Gasteiger partial charge in [0.25, 0.3) is 0 Å². The first kappa shape index (κ1) is 14.4. The molecule has 1 saturated heterocycles. The second-order valence-corrected chi connectivity index (χ2v) is 6.46. The van der Waals surface area contributed by atoms with E-state index in [1.807, 2.05) is 0 Å². The minimum atomic E-state index is -3.26. The van der Waals surface area contributed by atoms with Crippen LogP contribution in [-0.4, -0.2) is 44.0 Å². The molecule has 100 valence electrons. The molecule has 0 spiro atoms. The molecular formula is C11H22N2O3S. The van der Waals surface area contributed by atoms with Crippen LogP contribution in [0, 0.1) is 0 Å². The molecule has 0 bridgehead atoms.